The summed E-state index contributed by atoms with van der Waals surface area (Å²) in [6, 6.07) is 9.50. The lowest BCUT2D eigenvalue weighted by Crippen LogP contribution is -2.38. The maximum atomic E-state index is 12.8. The van der Waals surface area contributed by atoms with Crippen LogP contribution < -0.4 is 10.2 Å². The van der Waals surface area contributed by atoms with Crippen LogP contribution in [-0.2, 0) is 4.74 Å². The Bertz CT molecular complexity index is 681. The number of carbonyl (C=O) groups excluding carboxylic acids is 1. The molecule has 0 bridgehead atoms. The van der Waals surface area contributed by atoms with Gasteiger partial charge in [-0.15, -0.1) is 0 Å². The fraction of sp³-hybridized carbons (Fsp3) is 0.444. The fourth-order valence-corrected chi connectivity index (χ4v) is 2.79. The summed E-state index contributed by atoms with van der Waals surface area (Å²) in [6.45, 7) is 3.17. The van der Waals surface area contributed by atoms with Gasteiger partial charge < -0.3 is 24.6 Å². The topological polar surface area (TPSA) is 87.8 Å². The largest absolute Gasteiger partial charge is 0.396 e. The van der Waals surface area contributed by atoms with E-state index in [0.717, 1.165) is 12.0 Å². The highest BCUT2D eigenvalue weighted by Gasteiger charge is 2.28. The number of aliphatic hydroxyl groups excluding tert-OH is 1. The first kappa shape index (κ1) is 17.4. The molecule has 2 heterocycles. The van der Waals surface area contributed by atoms with Gasteiger partial charge in [0, 0.05) is 31.8 Å². The molecule has 7 nitrogen and oxygen atoms in total. The maximum Gasteiger partial charge on any atom is 0.259 e. The van der Waals surface area contributed by atoms with Gasteiger partial charge in [-0.05, 0) is 12.8 Å². The summed E-state index contributed by atoms with van der Waals surface area (Å²) in [7, 11) is 0. The van der Waals surface area contributed by atoms with Crippen LogP contribution in [0.1, 0.15) is 23.2 Å². The van der Waals surface area contributed by atoms with Gasteiger partial charge in [0.2, 0.25) is 0 Å². The molecule has 2 N–H and O–H groups in total. The van der Waals surface area contributed by atoms with Crippen molar-refractivity contribution in [1.82, 2.24) is 10.5 Å². The highest BCUT2D eigenvalue weighted by Crippen LogP contribution is 2.31. The minimum absolute atomic E-state index is 0.122. The van der Waals surface area contributed by atoms with E-state index in [4.69, 9.17) is 14.4 Å². The van der Waals surface area contributed by atoms with Crippen LogP contribution in [0.3, 0.4) is 0 Å². The van der Waals surface area contributed by atoms with Gasteiger partial charge in [0.05, 0.1) is 13.2 Å². The molecule has 134 valence electrons. The van der Waals surface area contributed by atoms with Gasteiger partial charge in [-0.3, -0.25) is 4.79 Å². The Morgan fingerprint density at radius 1 is 1.20 bits per heavy atom. The minimum Gasteiger partial charge on any atom is -0.396 e. The van der Waals surface area contributed by atoms with Crippen LogP contribution in [0.4, 0.5) is 5.82 Å². The molecule has 1 fully saturated rings. The molecule has 1 aliphatic heterocycles. The molecule has 1 aromatic heterocycles. The van der Waals surface area contributed by atoms with E-state index in [1.165, 1.54) is 0 Å². The molecule has 7 heteroatoms. The number of unbranched alkanes of at least 4 members (excludes halogenated alkanes) is 1. The Labute approximate surface area is 146 Å². The molecule has 0 aliphatic carbocycles. The highest BCUT2D eigenvalue weighted by atomic mass is 16.5. The molecule has 0 saturated carbocycles. The quantitative estimate of drug-likeness (QED) is 0.743. The third-order valence-electron chi connectivity index (χ3n) is 4.12. The Morgan fingerprint density at radius 2 is 1.96 bits per heavy atom. The number of benzene rings is 1. The fourth-order valence-electron chi connectivity index (χ4n) is 2.79. The maximum absolute atomic E-state index is 12.8. The summed E-state index contributed by atoms with van der Waals surface area (Å²) in [5, 5.41) is 15.9. The van der Waals surface area contributed by atoms with Gasteiger partial charge in [-0.25, -0.2) is 0 Å². The Morgan fingerprint density at radius 3 is 2.68 bits per heavy atom. The monoisotopic (exact) mass is 345 g/mol. The zero-order valence-corrected chi connectivity index (χ0v) is 14.1. The second kappa shape index (κ2) is 8.64. The first-order chi connectivity index (χ1) is 12.3. The molecule has 25 heavy (non-hydrogen) atoms. The van der Waals surface area contributed by atoms with Crippen LogP contribution >= 0.6 is 0 Å². The lowest BCUT2D eigenvalue weighted by atomic mass is 10.1. The SMILES string of the molecule is O=C(NCCCCO)c1c(N2CCOCC2)noc1-c1ccccc1. The standard InChI is InChI=1S/C18H23N3O4/c22-11-5-4-8-19-18(23)15-16(14-6-2-1-3-7-14)25-20-17(15)21-9-12-24-13-10-21/h1-3,6-7,22H,4-5,8-13H2,(H,19,23). The second-order valence-corrected chi connectivity index (χ2v) is 5.86. The van der Waals surface area contributed by atoms with Crippen molar-refractivity contribution in [3.05, 3.63) is 35.9 Å². The van der Waals surface area contributed by atoms with Crippen molar-refractivity contribution in [2.45, 2.75) is 12.8 Å². The summed E-state index contributed by atoms with van der Waals surface area (Å²) >= 11 is 0. The van der Waals surface area contributed by atoms with E-state index in [2.05, 4.69) is 10.5 Å². The molecule has 0 atom stereocenters. The summed E-state index contributed by atoms with van der Waals surface area (Å²) in [5.74, 6) is 0.822. The molecule has 3 rings (SSSR count). The molecule has 1 aromatic carbocycles. The van der Waals surface area contributed by atoms with Crippen LogP contribution in [0.2, 0.25) is 0 Å². The van der Waals surface area contributed by atoms with Crippen LogP contribution in [0.15, 0.2) is 34.9 Å². The first-order valence-corrected chi connectivity index (χ1v) is 8.58. The van der Waals surface area contributed by atoms with Crippen LogP contribution in [0.5, 0.6) is 0 Å². The lowest BCUT2D eigenvalue weighted by Gasteiger charge is -2.26. The number of hydrogen-bond acceptors (Lipinski definition) is 6. The van der Waals surface area contributed by atoms with Crippen molar-refractivity contribution >= 4 is 11.7 Å². The van der Waals surface area contributed by atoms with Crippen LogP contribution in [0.25, 0.3) is 11.3 Å². The normalized spacial score (nSPS) is 14.5. The molecular weight excluding hydrogens is 322 g/mol. The van der Waals surface area contributed by atoms with Crippen molar-refractivity contribution < 1.29 is 19.2 Å². The number of ether oxygens (including phenoxy) is 1. The average Bonchev–Trinajstić information content (AvgIpc) is 3.12. The number of carbonyl (C=O) groups is 1. The Balaban J connectivity index is 1.88. The number of aromatic nitrogens is 1. The van der Waals surface area contributed by atoms with Gasteiger partial charge in [0.25, 0.3) is 5.91 Å². The third kappa shape index (κ3) is 4.18. The zero-order chi connectivity index (χ0) is 17.5. The highest BCUT2D eigenvalue weighted by molar-refractivity contribution is 6.04. The van der Waals surface area contributed by atoms with E-state index in [0.29, 0.717) is 56.4 Å². The van der Waals surface area contributed by atoms with Crippen molar-refractivity contribution in [3.8, 4) is 11.3 Å². The van der Waals surface area contributed by atoms with E-state index < -0.39 is 0 Å². The summed E-state index contributed by atoms with van der Waals surface area (Å²) in [6.07, 6.45) is 1.38. The molecule has 0 unspecified atom stereocenters. The Kier molecular flexibility index (Phi) is 6.03. The number of aliphatic hydroxyl groups is 1. The average molecular weight is 345 g/mol. The van der Waals surface area contributed by atoms with Gasteiger partial charge >= 0.3 is 0 Å². The summed E-state index contributed by atoms with van der Waals surface area (Å²) in [4.78, 5) is 14.8. The second-order valence-electron chi connectivity index (χ2n) is 5.86. The van der Waals surface area contributed by atoms with Crippen LogP contribution in [0, 0.1) is 0 Å². The number of hydrogen-bond donors (Lipinski definition) is 2. The van der Waals surface area contributed by atoms with E-state index in [1.807, 2.05) is 35.2 Å². The predicted molar refractivity (Wildman–Crippen MR) is 93.6 cm³/mol. The van der Waals surface area contributed by atoms with Crippen molar-refractivity contribution in [3.63, 3.8) is 0 Å². The predicted octanol–water partition coefficient (Wildman–Crippen LogP) is 1.68. The third-order valence-corrected chi connectivity index (χ3v) is 4.12. The number of amides is 1. The lowest BCUT2D eigenvalue weighted by molar-refractivity contribution is 0.0951. The Hall–Kier alpha value is -2.38. The van der Waals surface area contributed by atoms with Crippen molar-refractivity contribution in [1.29, 1.82) is 0 Å². The summed E-state index contributed by atoms with van der Waals surface area (Å²) in [5.41, 5.74) is 1.27. The molecule has 1 saturated heterocycles. The minimum atomic E-state index is -0.209. The number of morpholine rings is 1. The molecule has 0 spiro atoms. The van der Waals surface area contributed by atoms with Crippen LogP contribution in [-0.4, -0.2) is 55.6 Å². The van der Waals surface area contributed by atoms with E-state index in [-0.39, 0.29) is 12.5 Å². The molecule has 2 aromatic rings. The van der Waals surface area contributed by atoms with Crippen molar-refractivity contribution in [2.24, 2.45) is 0 Å². The molecule has 1 aliphatic rings. The first-order valence-electron chi connectivity index (χ1n) is 8.58. The van der Waals surface area contributed by atoms with Gasteiger partial charge in [0.1, 0.15) is 5.56 Å². The summed E-state index contributed by atoms with van der Waals surface area (Å²) < 4.78 is 10.9. The van der Waals surface area contributed by atoms with E-state index in [1.54, 1.807) is 0 Å². The number of nitrogens with zero attached hydrogens (tertiary/aromatic N) is 2. The molecule has 1 amide bonds. The molecule has 0 radical (unpaired) electrons. The van der Waals surface area contributed by atoms with E-state index in [9.17, 15) is 4.79 Å². The smallest absolute Gasteiger partial charge is 0.259 e. The van der Waals surface area contributed by atoms with E-state index >= 15 is 0 Å². The van der Waals surface area contributed by atoms with Gasteiger partial charge in [-0.1, -0.05) is 35.5 Å². The van der Waals surface area contributed by atoms with Gasteiger partial charge in [0.15, 0.2) is 11.6 Å². The molecular formula is C18H23N3O4. The van der Waals surface area contributed by atoms with Gasteiger partial charge in [-0.2, -0.15) is 0 Å². The number of anilines is 1. The number of nitrogens with one attached hydrogen (secondary N) is 1. The van der Waals surface area contributed by atoms with Crippen molar-refractivity contribution in [2.75, 3.05) is 44.4 Å². The zero-order valence-electron chi connectivity index (χ0n) is 14.1. The number of rotatable bonds is 7.